The number of aromatic nitrogens is 1. The van der Waals surface area contributed by atoms with Crippen LogP contribution in [0.25, 0.3) is 10.9 Å². The molecule has 0 saturated carbocycles. The summed E-state index contributed by atoms with van der Waals surface area (Å²) in [5.74, 6) is 0.0158. The first-order chi connectivity index (χ1) is 13.5. The molecule has 1 aliphatic carbocycles. The molecule has 1 atom stereocenters. The Hall–Kier alpha value is -2.59. The highest BCUT2D eigenvalue weighted by molar-refractivity contribution is 6.30. The van der Waals surface area contributed by atoms with Gasteiger partial charge in [-0.1, -0.05) is 43.1 Å². The van der Waals surface area contributed by atoms with Crippen molar-refractivity contribution in [3.8, 4) is 0 Å². The predicted molar refractivity (Wildman–Crippen MR) is 110 cm³/mol. The van der Waals surface area contributed by atoms with Crippen LogP contribution in [0.3, 0.4) is 0 Å². The van der Waals surface area contributed by atoms with Gasteiger partial charge in [-0.2, -0.15) is 0 Å². The minimum absolute atomic E-state index is 0.110. The number of hydrogen-bond donors (Lipinski definition) is 0. The second-order valence-electron chi connectivity index (χ2n) is 7.33. The molecule has 0 radical (unpaired) electrons. The van der Waals surface area contributed by atoms with E-state index in [9.17, 15) is 9.59 Å². The van der Waals surface area contributed by atoms with Gasteiger partial charge >= 0.3 is 5.97 Å². The van der Waals surface area contributed by atoms with Crippen molar-refractivity contribution in [2.75, 3.05) is 7.11 Å². The van der Waals surface area contributed by atoms with Gasteiger partial charge in [0.1, 0.15) is 0 Å². The predicted octanol–water partition coefficient (Wildman–Crippen LogP) is 5.28. The summed E-state index contributed by atoms with van der Waals surface area (Å²) >= 11 is 6.18. The maximum absolute atomic E-state index is 13.1. The molecule has 144 valence electrons. The number of hydrogen-bond acceptors (Lipinski definition) is 3. The van der Waals surface area contributed by atoms with Crippen LogP contribution in [0, 0.1) is 5.92 Å². The van der Waals surface area contributed by atoms with Crippen LogP contribution in [0.5, 0.6) is 0 Å². The van der Waals surface area contributed by atoms with Gasteiger partial charge in [0.05, 0.1) is 18.2 Å². The zero-order chi connectivity index (χ0) is 19.8. The van der Waals surface area contributed by atoms with E-state index in [1.54, 1.807) is 6.07 Å². The Kier molecular flexibility index (Phi) is 4.98. The van der Waals surface area contributed by atoms with E-state index in [-0.39, 0.29) is 5.78 Å². The SMILES string of the molecule is CCC1CC(=O)c2c(n(Cc3cccc(Cl)c3)c3cccc(C(=O)OC)c23)C1. The number of esters is 1. The molecule has 0 fully saturated rings. The third-order valence-electron chi connectivity index (χ3n) is 5.64. The molecule has 4 nitrogen and oxygen atoms in total. The Morgan fingerprint density at radius 2 is 2.00 bits per heavy atom. The summed E-state index contributed by atoms with van der Waals surface area (Å²) in [6.07, 6.45) is 2.30. The highest BCUT2D eigenvalue weighted by Crippen LogP contribution is 2.37. The van der Waals surface area contributed by atoms with Crippen molar-refractivity contribution in [3.63, 3.8) is 0 Å². The summed E-state index contributed by atoms with van der Waals surface area (Å²) < 4.78 is 7.15. The third-order valence-corrected chi connectivity index (χ3v) is 5.88. The largest absolute Gasteiger partial charge is 0.465 e. The maximum atomic E-state index is 13.1. The first kappa shape index (κ1) is 18.8. The molecule has 0 N–H and O–H groups in total. The van der Waals surface area contributed by atoms with Crippen molar-refractivity contribution in [2.24, 2.45) is 5.92 Å². The normalized spacial score (nSPS) is 16.2. The molecule has 1 heterocycles. The van der Waals surface area contributed by atoms with Gasteiger partial charge in [0.15, 0.2) is 5.78 Å². The summed E-state index contributed by atoms with van der Waals surface area (Å²) in [7, 11) is 1.37. The first-order valence-corrected chi connectivity index (χ1v) is 9.91. The van der Waals surface area contributed by atoms with E-state index < -0.39 is 5.97 Å². The molecule has 0 spiro atoms. The topological polar surface area (TPSA) is 48.3 Å². The standard InChI is InChI=1S/C23H22ClNO3/c1-3-14-11-19-22(20(26)12-14)21-17(23(27)28-2)8-5-9-18(21)25(19)13-15-6-4-7-16(24)10-15/h4-10,14H,3,11-13H2,1-2H3. The van der Waals surface area contributed by atoms with Crippen LogP contribution >= 0.6 is 11.6 Å². The minimum Gasteiger partial charge on any atom is -0.465 e. The van der Waals surface area contributed by atoms with Crippen molar-refractivity contribution >= 4 is 34.3 Å². The van der Waals surface area contributed by atoms with Crippen LogP contribution in [0.4, 0.5) is 0 Å². The molecule has 0 saturated heterocycles. The summed E-state index contributed by atoms with van der Waals surface area (Å²) in [6, 6.07) is 13.3. The summed E-state index contributed by atoms with van der Waals surface area (Å²) in [4.78, 5) is 25.5. The van der Waals surface area contributed by atoms with E-state index in [0.29, 0.717) is 40.4 Å². The van der Waals surface area contributed by atoms with Gasteiger partial charge in [-0.25, -0.2) is 4.79 Å². The van der Waals surface area contributed by atoms with E-state index in [0.717, 1.165) is 29.6 Å². The zero-order valence-electron chi connectivity index (χ0n) is 16.0. The van der Waals surface area contributed by atoms with Gasteiger partial charge in [0.2, 0.25) is 0 Å². The molecule has 1 aliphatic rings. The molecular weight excluding hydrogens is 374 g/mol. The lowest BCUT2D eigenvalue weighted by atomic mass is 9.84. The van der Waals surface area contributed by atoms with Crippen molar-refractivity contribution in [1.82, 2.24) is 4.57 Å². The van der Waals surface area contributed by atoms with E-state index in [1.165, 1.54) is 7.11 Å². The Balaban J connectivity index is 1.98. The van der Waals surface area contributed by atoms with Crippen LogP contribution in [-0.4, -0.2) is 23.4 Å². The Labute approximate surface area is 169 Å². The van der Waals surface area contributed by atoms with Crippen LogP contribution in [0.15, 0.2) is 42.5 Å². The van der Waals surface area contributed by atoms with Gasteiger partial charge in [0.25, 0.3) is 0 Å². The number of rotatable bonds is 4. The average molecular weight is 396 g/mol. The van der Waals surface area contributed by atoms with Crippen LogP contribution < -0.4 is 0 Å². The Bertz CT molecular complexity index is 1080. The Morgan fingerprint density at radius 1 is 1.21 bits per heavy atom. The fourth-order valence-electron chi connectivity index (χ4n) is 4.24. The van der Waals surface area contributed by atoms with Crippen molar-refractivity contribution < 1.29 is 14.3 Å². The fourth-order valence-corrected chi connectivity index (χ4v) is 4.46. The highest BCUT2D eigenvalue weighted by atomic mass is 35.5. The molecular formula is C23H22ClNO3. The number of methoxy groups -OCH3 is 1. The summed E-state index contributed by atoms with van der Waals surface area (Å²) in [5.41, 5.74) is 4.08. The lowest BCUT2D eigenvalue weighted by molar-refractivity contribution is 0.0603. The Morgan fingerprint density at radius 3 is 2.71 bits per heavy atom. The molecule has 2 aromatic carbocycles. The highest BCUT2D eigenvalue weighted by Gasteiger charge is 2.32. The number of carbonyl (C=O) groups excluding carboxylic acids is 2. The quantitative estimate of drug-likeness (QED) is 0.564. The maximum Gasteiger partial charge on any atom is 0.338 e. The number of carbonyl (C=O) groups is 2. The van der Waals surface area contributed by atoms with Crippen LogP contribution in [0.2, 0.25) is 5.02 Å². The molecule has 0 amide bonds. The van der Waals surface area contributed by atoms with E-state index in [4.69, 9.17) is 16.3 Å². The second-order valence-corrected chi connectivity index (χ2v) is 7.77. The van der Waals surface area contributed by atoms with E-state index in [1.807, 2.05) is 36.4 Å². The number of fused-ring (bicyclic) bond motifs is 3. The lowest BCUT2D eigenvalue weighted by Gasteiger charge is -2.22. The number of ether oxygens (including phenoxy) is 1. The number of halogens is 1. The molecule has 0 aliphatic heterocycles. The summed E-state index contributed by atoms with van der Waals surface area (Å²) in [5, 5.41) is 1.39. The molecule has 1 unspecified atom stereocenters. The van der Waals surface area contributed by atoms with Crippen molar-refractivity contribution in [1.29, 1.82) is 0 Å². The zero-order valence-corrected chi connectivity index (χ0v) is 16.8. The van der Waals surface area contributed by atoms with Crippen molar-refractivity contribution in [3.05, 3.63) is 69.9 Å². The second kappa shape index (κ2) is 7.44. The van der Waals surface area contributed by atoms with Crippen LogP contribution in [-0.2, 0) is 17.7 Å². The van der Waals surface area contributed by atoms with Gasteiger partial charge < -0.3 is 9.30 Å². The molecule has 3 aromatic rings. The van der Waals surface area contributed by atoms with Gasteiger partial charge in [-0.05, 0) is 42.2 Å². The molecule has 28 heavy (non-hydrogen) atoms. The van der Waals surface area contributed by atoms with Gasteiger partial charge in [-0.15, -0.1) is 0 Å². The average Bonchev–Trinajstić information content (AvgIpc) is 3.01. The summed E-state index contributed by atoms with van der Waals surface area (Å²) in [6.45, 7) is 2.72. The monoisotopic (exact) mass is 395 g/mol. The van der Waals surface area contributed by atoms with E-state index in [2.05, 4.69) is 11.5 Å². The minimum atomic E-state index is -0.418. The van der Waals surface area contributed by atoms with Gasteiger partial charge in [0, 0.05) is 34.6 Å². The number of Topliss-reactive ketones (excluding diaryl/α,β-unsaturated/α-hetero) is 1. The number of benzene rings is 2. The molecule has 0 bridgehead atoms. The van der Waals surface area contributed by atoms with Gasteiger partial charge in [-0.3, -0.25) is 4.79 Å². The number of ketones is 1. The van der Waals surface area contributed by atoms with E-state index >= 15 is 0 Å². The van der Waals surface area contributed by atoms with Crippen molar-refractivity contribution in [2.45, 2.75) is 32.7 Å². The third kappa shape index (κ3) is 3.12. The molecule has 1 aromatic heterocycles. The number of nitrogens with zero attached hydrogens (tertiary/aromatic N) is 1. The molecule has 4 rings (SSSR count). The van der Waals surface area contributed by atoms with Crippen LogP contribution in [0.1, 0.15) is 51.7 Å². The lowest BCUT2D eigenvalue weighted by Crippen LogP contribution is -2.21. The smallest absolute Gasteiger partial charge is 0.338 e. The first-order valence-electron chi connectivity index (χ1n) is 9.53. The molecule has 5 heteroatoms. The fraction of sp³-hybridized carbons (Fsp3) is 0.304.